The fraction of sp³-hybridized carbons (Fsp3) is 0.222. The number of carbonyl (C=O) groups is 2. The highest BCUT2D eigenvalue weighted by Gasteiger charge is 2.24. The Morgan fingerprint density at radius 1 is 1.08 bits per heavy atom. The lowest BCUT2D eigenvalue weighted by atomic mass is 10.0. The molecule has 0 bridgehead atoms. The van der Waals surface area contributed by atoms with Gasteiger partial charge in [-0.1, -0.05) is 61.3 Å². The van der Waals surface area contributed by atoms with Crippen molar-refractivity contribution in [3.63, 3.8) is 0 Å². The Hall–Kier alpha value is -2.82. The fourth-order valence-corrected chi connectivity index (χ4v) is 4.58. The molecule has 7 nitrogen and oxygen atoms in total. The summed E-state index contributed by atoms with van der Waals surface area (Å²) in [5.41, 5.74) is 4.47. The van der Waals surface area contributed by atoms with Gasteiger partial charge in [0.2, 0.25) is 0 Å². The van der Waals surface area contributed by atoms with Crippen molar-refractivity contribution in [1.82, 2.24) is 10.7 Å². The molecule has 1 atom stereocenters. The molecule has 3 rings (SSSR count). The molecule has 3 aromatic rings. The zero-order valence-corrected chi connectivity index (χ0v) is 24.1. The summed E-state index contributed by atoms with van der Waals surface area (Å²) in [4.78, 5) is 25.3. The van der Waals surface area contributed by atoms with Crippen molar-refractivity contribution in [3.05, 3.63) is 91.0 Å². The van der Waals surface area contributed by atoms with E-state index in [9.17, 15) is 9.59 Å². The second-order valence-electron chi connectivity index (χ2n) is 8.35. The molecule has 0 aliphatic heterocycles. The topological polar surface area (TPSA) is 89.0 Å². The van der Waals surface area contributed by atoms with E-state index in [-0.39, 0.29) is 18.4 Å². The molecule has 0 aliphatic carbocycles. The number of benzene rings is 3. The van der Waals surface area contributed by atoms with E-state index in [0.29, 0.717) is 32.7 Å². The number of hydrogen-bond acceptors (Lipinski definition) is 5. The van der Waals surface area contributed by atoms with E-state index in [1.54, 1.807) is 55.6 Å². The van der Waals surface area contributed by atoms with Crippen molar-refractivity contribution in [2.45, 2.75) is 26.5 Å². The van der Waals surface area contributed by atoms with Crippen LogP contribution in [0.4, 0.5) is 0 Å². The summed E-state index contributed by atoms with van der Waals surface area (Å²) >= 11 is 14.3. The molecule has 3 aromatic carbocycles. The lowest BCUT2D eigenvalue weighted by Crippen LogP contribution is -2.48. The number of carbonyl (C=O) groups excluding carboxylic acids is 2. The number of methoxy groups -OCH3 is 1. The van der Waals surface area contributed by atoms with Gasteiger partial charge in [0.15, 0.2) is 11.5 Å². The van der Waals surface area contributed by atoms with Crippen LogP contribution in [-0.4, -0.2) is 31.2 Å². The molecule has 2 N–H and O–H groups in total. The summed E-state index contributed by atoms with van der Waals surface area (Å²) in [6.07, 6.45) is 1.50. The summed E-state index contributed by atoms with van der Waals surface area (Å²) in [5.74, 6) is 0.165. The Morgan fingerprint density at radius 2 is 1.81 bits per heavy atom. The molecule has 0 aromatic heterocycles. The highest BCUT2D eigenvalue weighted by Crippen LogP contribution is 2.35. The normalized spacial score (nSPS) is 11.9. The standard InChI is InChI=1S/C27H26Cl2IN3O4/c1-16(2)24(32-26(34)18-7-5-4-6-8-18)27(35)33-31-14-17-11-22(30)25(23(12-17)36-3)37-15-19-9-10-20(28)13-21(19)29/h4-14,16,24H,15H2,1-3H3,(H,32,34)(H,33,35). The van der Waals surface area contributed by atoms with Gasteiger partial charge in [0.05, 0.1) is 16.9 Å². The van der Waals surface area contributed by atoms with Crippen LogP contribution in [0.5, 0.6) is 11.5 Å². The van der Waals surface area contributed by atoms with Crippen molar-refractivity contribution in [2.75, 3.05) is 7.11 Å². The predicted octanol–water partition coefficient (Wildman–Crippen LogP) is 6.09. The van der Waals surface area contributed by atoms with Crippen LogP contribution in [0.25, 0.3) is 0 Å². The lowest BCUT2D eigenvalue weighted by Gasteiger charge is -2.20. The molecule has 0 aliphatic rings. The molecule has 0 saturated carbocycles. The van der Waals surface area contributed by atoms with E-state index in [1.165, 1.54) is 6.21 Å². The summed E-state index contributed by atoms with van der Waals surface area (Å²) in [6.45, 7) is 3.93. The van der Waals surface area contributed by atoms with Crippen LogP contribution in [0.3, 0.4) is 0 Å². The number of halogens is 3. The molecule has 10 heteroatoms. The van der Waals surface area contributed by atoms with Gasteiger partial charge in [0.1, 0.15) is 12.6 Å². The maximum Gasteiger partial charge on any atom is 0.262 e. The second-order valence-corrected chi connectivity index (χ2v) is 10.4. The summed E-state index contributed by atoms with van der Waals surface area (Å²) in [5, 5.41) is 7.92. The third-order valence-corrected chi connectivity index (χ3v) is 6.69. The van der Waals surface area contributed by atoms with Crippen LogP contribution in [0.15, 0.2) is 65.8 Å². The van der Waals surface area contributed by atoms with Crippen LogP contribution in [0, 0.1) is 9.49 Å². The van der Waals surface area contributed by atoms with E-state index >= 15 is 0 Å². The molecule has 0 radical (unpaired) electrons. The zero-order valence-electron chi connectivity index (χ0n) is 20.4. The van der Waals surface area contributed by atoms with Crippen LogP contribution in [-0.2, 0) is 11.4 Å². The molecule has 0 fully saturated rings. The molecule has 0 spiro atoms. The number of ether oxygens (including phenoxy) is 2. The average molecular weight is 654 g/mol. The quantitative estimate of drug-likeness (QED) is 0.158. The van der Waals surface area contributed by atoms with E-state index < -0.39 is 11.9 Å². The maximum absolute atomic E-state index is 12.7. The Balaban J connectivity index is 1.66. The first kappa shape index (κ1) is 28.7. The Morgan fingerprint density at radius 3 is 2.46 bits per heavy atom. The molecule has 37 heavy (non-hydrogen) atoms. The summed E-state index contributed by atoms with van der Waals surface area (Å²) in [7, 11) is 1.54. The third kappa shape index (κ3) is 8.08. The number of amides is 2. The molecule has 0 saturated heterocycles. The minimum Gasteiger partial charge on any atom is -0.493 e. The molecule has 2 amide bonds. The first-order chi connectivity index (χ1) is 17.7. The van der Waals surface area contributed by atoms with Crippen molar-refractivity contribution < 1.29 is 19.1 Å². The van der Waals surface area contributed by atoms with Crippen molar-refractivity contribution >= 4 is 63.8 Å². The van der Waals surface area contributed by atoms with E-state index in [0.717, 1.165) is 9.13 Å². The van der Waals surface area contributed by atoms with Gasteiger partial charge in [0, 0.05) is 21.2 Å². The third-order valence-electron chi connectivity index (χ3n) is 5.30. The SMILES string of the molecule is COc1cc(C=NNC(=O)C(NC(=O)c2ccccc2)C(C)C)cc(I)c1OCc1ccc(Cl)cc1Cl. The predicted molar refractivity (Wildman–Crippen MR) is 155 cm³/mol. The number of rotatable bonds is 10. The average Bonchev–Trinajstić information content (AvgIpc) is 2.87. The maximum atomic E-state index is 12.7. The molecular weight excluding hydrogens is 628 g/mol. The molecule has 1 unspecified atom stereocenters. The summed E-state index contributed by atoms with van der Waals surface area (Å²) in [6, 6.07) is 16.8. The number of hydrazone groups is 1. The Bertz CT molecular complexity index is 1290. The fourth-order valence-electron chi connectivity index (χ4n) is 3.33. The number of nitrogens with zero attached hydrogens (tertiary/aromatic N) is 1. The molecule has 0 heterocycles. The van der Waals surface area contributed by atoms with Crippen LogP contribution < -0.4 is 20.2 Å². The van der Waals surface area contributed by atoms with Crippen molar-refractivity contribution in [1.29, 1.82) is 0 Å². The van der Waals surface area contributed by atoms with Gasteiger partial charge in [-0.2, -0.15) is 5.10 Å². The Labute approximate surface area is 239 Å². The monoisotopic (exact) mass is 653 g/mol. The smallest absolute Gasteiger partial charge is 0.262 e. The van der Waals surface area contributed by atoms with Gasteiger partial charge in [-0.05, 0) is 70.5 Å². The lowest BCUT2D eigenvalue weighted by molar-refractivity contribution is -0.123. The van der Waals surface area contributed by atoms with Gasteiger partial charge >= 0.3 is 0 Å². The van der Waals surface area contributed by atoms with Gasteiger partial charge < -0.3 is 14.8 Å². The van der Waals surface area contributed by atoms with E-state index in [1.807, 2.05) is 26.0 Å². The van der Waals surface area contributed by atoms with Gasteiger partial charge in [-0.25, -0.2) is 5.43 Å². The minimum absolute atomic E-state index is 0.144. The number of nitrogens with one attached hydrogen (secondary N) is 2. The largest absolute Gasteiger partial charge is 0.493 e. The van der Waals surface area contributed by atoms with Crippen molar-refractivity contribution in [3.8, 4) is 11.5 Å². The van der Waals surface area contributed by atoms with Crippen LogP contribution in [0.1, 0.15) is 35.3 Å². The number of hydrogen-bond donors (Lipinski definition) is 2. The molecule has 194 valence electrons. The minimum atomic E-state index is -0.755. The van der Waals surface area contributed by atoms with Crippen LogP contribution >= 0.6 is 45.8 Å². The van der Waals surface area contributed by atoms with E-state index in [2.05, 4.69) is 38.4 Å². The van der Waals surface area contributed by atoms with Crippen molar-refractivity contribution in [2.24, 2.45) is 11.0 Å². The highest BCUT2D eigenvalue weighted by atomic mass is 127. The van der Waals surface area contributed by atoms with E-state index in [4.69, 9.17) is 32.7 Å². The first-order valence-electron chi connectivity index (χ1n) is 11.3. The van der Waals surface area contributed by atoms with Crippen LogP contribution in [0.2, 0.25) is 10.0 Å². The van der Waals surface area contributed by atoms with Gasteiger partial charge in [0.25, 0.3) is 11.8 Å². The highest BCUT2D eigenvalue weighted by molar-refractivity contribution is 14.1. The summed E-state index contributed by atoms with van der Waals surface area (Å²) < 4.78 is 12.3. The van der Waals surface area contributed by atoms with Gasteiger partial charge in [-0.3, -0.25) is 9.59 Å². The zero-order chi connectivity index (χ0) is 26.9. The molecular formula is C27H26Cl2IN3O4. The van der Waals surface area contributed by atoms with Gasteiger partial charge in [-0.15, -0.1) is 0 Å². The second kappa shape index (κ2) is 13.6. The first-order valence-corrected chi connectivity index (χ1v) is 13.2. The Kier molecular flexibility index (Phi) is 10.6.